The predicted molar refractivity (Wildman–Crippen MR) is 91.5 cm³/mol. The van der Waals surface area contributed by atoms with E-state index in [1.165, 1.54) is 6.07 Å². The van der Waals surface area contributed by atoms with E-state index in [0.29, 0.717) is 24.5 Å². The average Bonchev–Trinajstić information content (AvgIpc) is 2.99. The summed E-state index contributed by atoms with van der Waals surface area (Å²) < 4.78 is 28.0. The highest BCUT2D eigenvalue weighted by Gasteiger charge is 2.26. The van der Waals surface area contributed by atoms with Gasteiger partial charge in [0.1, 0.15) is 5.69 Å². The Morgan fingerprint density at radius 1 is 1.32 bits per heavy atom. The number of nitrogens with zero attached hydrogens (tertiary/aromatic N) is 3. The van der Waals surface area contributed by atoms with Crippen LogP contribution < -0.4 is 5.32 Å². The minimum atomic E-state index is -0.879. The van der Waals surface area contributed by atoms with Crippen molar-refractivity contribution < 1.29 is 13.6 Å². The van der Waals surface area contributed by atoms with E-state index in [-0.39, 0.29) is 11.9 Å². The van der Waals surface area contributed by atoms with Crippen LogP contribution in [0.5, 0.6) is 0 Å². The third-order valence-electron chi connectivity index (χ3n) is 4.51. The lowest BCUT2D eigenvalue weighted by atomic mass is 10.0. The molecular formula is C18H22F2N4O. The largest absolute Gasteiger partial charge is 0.380 e. The number of benzene rings is 1. The van der Waals surface area contributed by atoms with Gasteiger partial charge in [0.15, 0.2) is 11.6 Å². The number of aromatic nitrogens is 2. The first kappa shape index (κ1) is 17.4. The summed E-state index contributed by atoms with van der Waals surface area (Å²) in [7, 11) is 1.77. The molecular weight excluding hydrogens is 326 g/mol. The Morgan fingerprint density at radius 3 is 2.80 bits per heavy atom. The van der Waals surface area contributed by atoms with Gasteiger partial charge < -0.3 is 10.2 Å². The standard InChI is InChI=1S/C18H22F2N4O/c1-3-12-10-17(23(2)22-12)18(25)24-8-4-5-14(11-24)21-13-6-7-15(19)16(20)9-13/h6-7,9-10,14,21H,3-5,8,11H2,1-2H3. The van der Waals surface area contributed by atoms with Crippen LogP contribution in [0.3, 0.4) is 0 Å². The third kappa shape index (κ3) is 3.81. The molecule has 5 nitrogen and oxygen atoms in total. The van der Waals surface area contributed by atoms with Crippen LogP contribution in [-0.2, 0) is 13.5 Å². The van der Waals surface area contributed by atoms with E-state index < -0.39 is 11.6 Å². The fraction of sp³-hybridized carbons (Fsp3) is 0.444. The molecule has 1 amide bonds. The van der Waals surface area contributed by atoms with Gasteiger partial charge in [-0.25, -0.2) is 8.78 Å². The molecule has 134 valence electrons. The smallest absolute Gasteiger partial charge is 0.272 e. The van der Waals surface area contributed by atoms with Crippen LogP contribution in [0.1, 0.15) is 35.9 Å². The molecule has 1 aliphatic heterocycles. The molecule has 1 saturated heterocycles. The van der Waals surface area contributed by atoms with Gasteiger partial charge in [0.05, 0.1) is 5.69 Å². The lowest BCUT2D eigenvalue weighted by Crippen LogP contribution is -2.45. The van der Waals surface area contributed by atoms with Crippen LogP contribution in [0.2, 0.25) is 0 Å². The van der Waals surface area contributed by atoms with Crippen LogP contribution in [0.4, 0.5) is 14.5 Å². The molecule has 1 aromatic carbocycles. The van der Waals surface area contributed by atoms with Gasteiger partial charge in [-0.15, -0.1) is 0 Å². The number of carbonyl (C=O) groups is 1. The second-order valence-corrected chi connectivity index (χ2v) is 6.36. The fourth-order valence-electron chi connectivity index (χ4n) is 3.16. The zero-order valence-corrected chi connectivity index (χ0v) is 14.4. The van der Waals surface area contributed by atoms with Crippen molar-refractivity contribution in [3.8, 4) is 0 Å². The maximum absolute atomic E-state index is 13.4. The van der Waals surface area contributed by atoms with Crippen molar-refractivity contribution in [2.45, 2.75) is 32.2 Å². The van der Waals surface area contributed by atoms with Gasteiger partial charge in [-0.1, -0.05) is 6.92 Å². The van der Waals surface area contributed by atoms with Crippen LogP contribution >= 0.6 is 0 Å². The van der Waals surface area contributed by atoms with Gasteiger partial charge in [0.25, 0.3) is 5.91 Å². The topological polar surface area (TPSA) is 50.2 Å². The number of hydrogen-bond acceptors (Lipinski definition) is 3. The molecule has 2 heterocycles. The molecule has 0 aliphatic carbocycles. The molecule has 1 unspecified atom stereocenters. The molecule has 2 aromatic rings. The first-order chi connectivity index (χ1) is 12.0. The fourth-order valence-corrected chi connectivity index (χ4v) is 3.16. The predicted octanol–water partition coefficient (Wildman–Crippen LogP) is 2.98. The molecule has 1 aromatic heterocycles. The van der Waals surface area contributed by atoms with Crippen molar-refractivity contribution >= 4 is 11.6 Å². The second kappa shape index (κ2) is 7.21. The highest BCUT2D eigenvalue weighted by Crippen LogP contribution is 2.20. The van der Waals surface area contributed by atoms with Crippen LogP contribution in [-0.4, -0.2) is 39.7 Å². The summed E-state index contributed by atoms with van der Waals surface area (Å²) in [6.07, 6.45) is 2.50. The Labute approximate surface area is 145 Å². The molecule has 1 fully saturated rings. The molecule has 1 atom stereocenters. The number of halogens is 2. The van der Waals surface area contributed by atoms with Crippen LogP contribution in [0, 0.1) is 11.6 Å². The summed E-state index contributed by atoms with van der Waals surface area (Å²) in [5.74, 6) is -1.80. The molecule has 0 spiro atoms. The molecule has 3 rings (SSSR count). The number of nitrogens with one attached hydrogen (secondary N) is 1. The summed E-state index contributed by atoms with van der Waals surface area (Å²) >= 11 is 0. The Bertz CT molecular complexity index is 774. The van der Waals surface area contributed by atoms with E-state index in [0.717, 1.165) is 37.1 Å². The first-order valence-electron chi connectivity index (χ1n) is 8.51. The number of hydrogen-bond donors (Lipinski definition) is 1. The Balaban J connectivity index is 1.68. The van der Waals surface area contributed by atoms with Gasteiger partial charge in [-0.2, -0.15) is 5.10 Å². The minimum Gasteiger partial charge on any atom is -0.380 e. The SMILES string of the molecule is CCc1cc(C(=O)N2CCCC(Nc3ccc(F)c(F)c3)C2)n(C)n1. The number of piperidine rings is 1. The van der Waals surface area contributed by atoms with Gasteiger partial charge in [0.2, 0.25) is 0 Å². The number of anilines is 1. The monoisotopic (exact) mass is 348 g/mol. The van der Waals surface area contributed by atoms with E-state index in [1.807, 2.05) is 13.0 Å². The highest BCUT2D eigenvalue weighted by molar-refractivity contribution is 5.92. The maximum atomic E-state index is 13.4. The van der Waals surface area contributed by atoms with Gasteiger partial charge in [-0.3, -0.25) is 9.48 Å². The number of aryl methyl sites for hydroxylation is 2. The molecule has 25 heavy (non-hydrogen) atoms. The quantitative estimate of drug-likeness (QED) is 0.924. The minimum absolute atomic E-state index is 0.00133. The maximum Gasteiger partial charge on any atom is 0.272 e. The van der Waals surface area contributed by atoms with Crippen LogP contribution in [0.15, 0.2) is 24.3 Å². The van der Waals surface area contributed by atoms with Crippen molar-refractivity contribution in [2.75, 3.05) is 18.4 Å². The van der Waals surface area contributed by atoms with Crippen molar-refractivity contribution in [3.63, 3.8) is 0 Å². The molecule has 1 N–H and O–H groups in total. The summed E-state index contributed by atoms with van der Waals surface area (Å²) in [6, 6.07) is 5.58. The molecule has 1 aliphatic rings. The van der Waals surface area contributed by atoms with Crippen molar-refractivity contribution in [3.05, 3.63) is 47.3 Å². The number of likely N-dealkylation sites (tertiary alicyclic amines) is 1. The number of carbonyl (C=O) groups excluding carboxylic acids is 1. The Morgan fingerprint density at radius 2 is 2.12 bits per heavy atom. The van der Waals surface area contributed by atoms with Gasteiger partial charge in [0, 0.05) is 37.9 Å². The number of amides is 1. The van der Waals surface area contributed by atoms with Crippen LogP contribution in [0.25, 0.3) is 0 Å². The lowest BCUT2D eigenvalue weighted by molar-refractivity contribution is 0.0703. The third-order valence-corrected chi connectivity index (χ3v) is 4.51. The van der Waals surface area contributed by atoms with E-state index >= 15 is 0 Å². The Hall–Kier alpha value is -2.44. The summed E-state index contributed by atoms with van der Waals surface area (Å²) in [4.78, 5) is 14.6. The molecule has 7 heteroatoms. The normalized spacial score (nSPS) is 17.6. The van der Waals surface area contributed by atoms with E-state index in [1.54, 1.807) is 16.6 Å². The molecule has 0 saturated carbocycles. The van der Waals surface area contributed by atoms with Crippen molar-refractivity contribution in [1.82, 2.24) is 14.7 Å². The second-order valence-electron chi connectivity index (χ2n) is 6.36. The zero-order chi connectivity index (χ0) is 18.0. The van der Waals surface area contributed by atoms with Crippen molar-refractivity contribution in [2.24, 2.45) is 7.05 Å². The lowest BCUT2D eigenvalue weighted by Gasteiger charge is -2.33. The van der Waals surface area contributed by atoms with Gasteiger partial charge in [-0.05, 0) is 37.5 Å². The van der Waals surface area contributed by atoms with E-state index in [9.17, 15) is 13.6 Å². The summed E-state index contributed by atoms with van der Waals surface area (Å²) in [6.45, 7) is 3.20. The van der Waals surface area contributed by atoms with E-state index in [4.69, 9.17) is 0 Å². The van der Waals surface area contributed by atoms with Crippen molar-refractivity contribution in [1.29, 1.82) is 0 Å². The molecule has 0 bridgehead atoms. The summed E-state index contributed by atoms with van der Waals surface area (Å²) in [5.41, 5.74) is 1.98. The highest BCUT2D eigenvalue weighted by atomic mass is 19.2. The zero-order valence-electron chi connectivity index (χ0n) is 14.4. The first-order valence-corrected chi connectivity index (χ1v) is 8.51. The average molecular weight is 348 g/mol. The Kier molecular flexibility index (Phi) is 5.01. The summed E-state index contributed by atoms with van der Waals surface area (Å²) in [5, 5.41) is 7.52. The van der Waals surface area contributed by atoms with E-state index in [2.05, 4.69) is 10.4 Å². The molecule has 0 radical (unpaired) electrons. The van der Waals surface area contributed by atoms with Gasteiger partial charge >= 0.3 is 0 Å². The number of rotatable bonds is 4.